The molecular weight excluding hydrogens is 393 g/mol. The van der Waals surface area contributed by atoms with Gasteiger partial charge in [0, 0.05) is 12.6 Å². The minimum atomic E-state index is -0.491. The number of anilines is 1. The second-order valence-electron chi connectivity index (χ2n) is 6.28. The van der Waals surface area contributed by atoms with Crippen LogP contribution >= 0.6 is 11.8 Å². The van der Waals surface area contributed by atoms with Crippen molar-refractivity contribution in [3.8, 4) is 0 Å². The van der Waals surface area contributed by atoms with Crippen LogP contribution in [-0.2, 0) is 11.8 Å². The summed E-state index contributed by atoms with van der Waals surface area (Å²) in [5, 5.41) is 14.1. The fraction of sp³-hybridized carbons (Fsp3) is 0.200. The van der Waals surface area contributed by atoms with Gasteiger partial charge in [0.05, 0.1) is 17.5 Å². The molecule has 150 valence electrons. The third-order valence-electron chi connectivity index (χ3n) is 4.12. The van der Waals surface area contributed by atoms with Gasteiger partial charge in [0.15, 0.2) is 11.0 Å². The molecule has 0 bridgehead atoms. The predicted octanol–water partition coefficient (Wildman–Crippen LogP) is 3.18. The van der Waals surface area contributed by atoms with Gasteiger partial charge in [0.1, 0.15) is 5.82 Å². The predicted molar refractivity (Wildman–Crippen MR) is 109 cm³/mol. The number of rotatable bonds is 7. The fourth-order valence-corrected chi connectivity index (χ4v) is 3.36. The second-order valence-corrected chi connectivity index (χ2v) is 7.22. The van der Waals surface area contributed by atoms with Crippen molar-refractivity contribution >= 4 is 29.3 Å². The molecule has 0 aliphatic heterocycles. The number of thioether (sulfide) groups is 1. The van der Waals surface area contributed by atoms with Crippen molar-refractivity contribution in [1.29, 1.82) is 0 Å². The first-order valence-electron chi connectivity index (χ1n) is 8.88. The van der Waals surface area contributed by atoms with Crippen molar-refractivity contribution in [2.45, 2.75) is 18.1 Å². The molecule has 2 aromatic carbocycles. The Morgan fingerprint density at radius 1 is 1.10 bits per heavy atom. The number of amides is 2. The van der Waals surface area contributed by atoms with Crippen LogP contribution in [0.2, 0.25) is 0 Å². The van der Waals surface area contributed by atoms with Gasteiger partial charge in [-0.25, -0.2) is 4.39 Å². The molecule has 0 spiro atoms. The molecule has 0 saturated carbocycles. The van der Waals surface area contributed by atoms with E-state index in [1.165, 1.54) is 23.9 Å². The number of carbonyl (C=O) groups excluding carboxylic acids is 2. The molecule has 1 atom stereocenters. The van der Waals surface area contributed by atoms with Gasteiger partial charge in [-0.3, -0.25) is 9.59 Å². The van der Waals surface area contributed by atoms with Crippen molar-refractivity contribution in [3.63, 3.8) is 0 Å². The van der Waals surface area contributed by atoms with E-state index in [0.717, 1.165) is 0 Å². The van der Waals surface area contributed by atoms with Crippen molar-refractivity contribution in [2.24, 2.45) is 7.05 Å². The maximum atomic E-state index is 13.6. The lowest BCUT2D eigenvalue weighted by molar-refractivity contribution is -0.113. The number of hydrogen-bond donors (Lipinski definition) is 2. The Morgan fingerprint density at radius 2 is 1.79 bits per heavy atom. The third-order valence-corrected chi connectivity index (χ3v) is 5.14. The maximum Gasteiger partial charge on any atom is 0.251 e. The van der Waals surface area contributed by atoms with Gasteiger partial charge < -0.3 is 15.2 Å². The lowest BCUT2D eigenvalue weighted by Crippen LogP contribution is -2.28. The first kappa shape index (κ1) is 20.5. The summed E-state index contributed by atoms with van der Waals surface area (Å²) < 4.78 is 15.3. The molecule has 2 amide bonds. The Hall–Kier alpha value is -3.20. The van der Waals surface area contributed by atoms with Crippen LogP contribution < -0.4 is 10.6 Å². The van der Waals surface area contributed by atoms with Crippen LogP contribution in [0.3, 0.4) is 0 Å². The number of nitrogens with zero attached hydrogens (tertiary/aromatic N) is 3. The van der Waals surface area contributed by atoms with Crippen LogP contribution in [0.5, 0.6) is 0 Å². The van der Waals surface area contributed by atoms with E-state index in [1.54, 1.807) is 48.0 Å². The molecule has 1 heterocycles. The Labute approximate surface area is 171 Å². The van der Waals surface area contributed by atoms with E-state index in [1.807, 2.05) is 13.0 Å². The molecule has 0 aliphatic rings. The number of aromatic nitrogens is 3. The largest absolute Gasteiger partial charge is 0.342 e. The lowest BCUT2D eigenvalue weighted by Gasteiger charge is -2.13. The van der Waals surface area contributed by atoms with E-state index in [-0.39, 0.29) is 29.3 Å². The van der Waals surface area contributed by atoms with Crippen LogP contribution in [0, 0.1) is 5.82 Å². The lowest BCUT2D eigenvalue weighted by atomic mass is 10.2. The van der Waals surface area contributed by atoms with Gasteiger partial charge in [-0.1, -0.05) is 42.1 Å². The Morgan fingerprint density at radius 3 is 2.52 bits per heavy atom. The number of nitrogens with one attached hydrogen (secondary N) is 2. The molecule has 0 fully saturated rings. The summed E-state index contributed by atoms with van der Waals surface area (Å²) in [6.45, 7) is 1.81. The normalized spacial score (nSPS) is 11.7. The highest BCUT2D eigenvalue weighted by molar-refractivity contribution is 7.99. The number of benzene rings is 2. The average Bonchev–Trinajstić information content (AvgIpc) is 3.09. The Balaban J connectivity index is 1.58. The molecule has 7 nitrogen and oxygen atoms in total. The van der Waals surface area contributed by atoms with Gasteiger partial charge in [-0.15, -0.1) is 10.2 Å². The maximum absolute atomic E-state index is 13.6. The number of carbonyl (C=O) groups is 2. The summed E-state index contributed by atoms with van der Waals surface area (Å²) in [6.07, 6.45) is 0. The van der Waals surface area contributed by atoms with E-state index in [2.05, 4.69) is 20.8 Å². The van der Waals surface area contributed by atoms with E-state index in [4.69, 9.17) is 0 Å². The average molecular weight is 413 g/mol. The number of para-hydroxylation sites is 1. The van der Waals surface area contributed by atoms with Crippen LogP contribution in [-0.4, -0.2) is 32.3 Å². The smallest absolute Gasteiger partial charge is 0.251 e. The van der Waals surface area contributed by atoms with Gasteiger partial charge in [0.2, 0.25) is 5.91 Å². The van der Waals surface area contributed by atoms with Crippen molar-refractivity contribution in [2.75, 3.05) is 11.1 Å². The minimum Gasteiger partial charge on any atom is -0.342 e. The van der Waals surface area contributed by atoms with Crippen LogP contribution in [0.4, 0.5) is 10.1 Å². The zero-order chi connectivity index (χ0) is 20.8. The van der Waals surface area contributed by atoms with Gasteiger partial charge in [-0.2, -0.15) is 0 Å². The topological polar surface area (TPSA) is 88.9 Å². The summed E-state index contributed by atoms with van der Waals surface area (Å²) in [5.74, 6) is -0.443. The Bertz CT molecular complexity index is 1010. The molecule has 1 aromatic heterocycles. The zero-order valence-electron chi connectivity index (χ0n) is 15.9. The molecule has 3 aromatic rings. The van der Waals surface area contributed by atoms with Gasteiger partial charge >= 0.3 is 0 Å². The van der Waals surface area contributed by atoms with E-state index in [0.29, 0.717) is 16.5 Å². The van der Waals surface area contributed by atoms with Gasteiger partial charge in [0.25, 0.3) is 5.91 Å². The van der Waals surface area contributed by atoms with Crippen molar-refractivity contribution in [3.05, 3.63) is 71.8 Å². The molecule has 0 saturated heterocycles. The first-order chi connectivity index (χ1) is 14.0. The molecular formula is C20H20FN5O2S. The van der Waals surface area contributed by atoms with Gasteiger partial charge in [-0.05, 0) is 31.2 Å². The molecule has 0 aliphatic carbocycles. The fourth-order valence-electron chi connectivity index (χ4n) is 2.64. The standard InChI is InChI=1S/C20H20FN5O2S/c1-13(22-19(28)14-8-4-3-5-9-14)18-24-25-20(26(18)2)29-12-17(27)23-16-11-7-6-10-15(16)21/h3-11,13H,12H2,1-2H3,(H,22,28)(H,23,27)/t13-/m1/s1. The van der Waals surface area contributed by atoms with Crippen molar-refractivity contribution < 1.29 is 14.0 Å². The molecule has 0 unspecified atom stereocenters. The van der Waals surface area contributed by atoms with Crippen molar-refractivity contribution in [1.82, 2.24) is 20.1 Å². The van der Waals surface area contributed by atoms with Crippen LogP contribution in [0.1, 0.15) is 29.1 Å². The molecule has 2 N–H and O–H groups in total. The Kier molecular flexibility index (Phi) is 6.61. The van der Waals surface area contributed by atoms with Crippen LogP contribution in [0.25, 0.3) is 0 Å². The van der Waals surface area contributed by atoms with E-state index >= 15 is 0 Å². The van der Waals surface area contributed by atoms with Crippen LogP contribution in [0.15, 0.2) is 59.8 Å². The highest BCUT2D eigenvalue weighted by Crippen LogP contribution is 2.20. The summed E-state index contributed by atoms with van der Waals surface area (Å²) in [4.78, 5) is 24.4. The summed E-state index contributed by atoms with van der Waals surface area (Å²) in [5.41, 5.74) is 0.690. The summed E-state index contributed by atoms with van der Waals surface area (Å²) >= 11 is 1.18. The summed E-state index contributed by atoms with van der Waals surface area (Å²) in [7, 11) is 1.76. The molecule has 9 heteroatoms. The molecule has 3 rings (SSSR count). The number of hydrogen-bond acceptors (Lipinski definition) is 5. The third kappa shape index (κ3) is 5.20. The highest BCUT2D eigenvalue weighted by Gasteiger charge is 2.19. The minimum absolute atomic E-state index is 0.0467. The van der Waals surface area contributed by atoms with E-state index < -0.39 is 5.82 Å². The zero-order valence-corrected chi connectivity index (χ0v) is 16.7. The highest BCUT2D eigenvalue weighted by atomic mass is 32.2. The first-order valence-corrected chi connectivity index (χ1v) is 9.86. The SMILES string of the molecule is C[C@@H](NC(=O)c1ccccc1)c1nnc(SCC(=O)Nc2ccccc2F)n1C. The monoisotopic (exact) mass is 413 g/mol. The quantitative estimate of drug-likeness (QED) is 0.581. The summed E-state index contributed by atoms with van der Waals surface area (Å²) in [6, 6.07) is 14.5. The van der Waals surface area contributed by atoms with E-state index in [9.17, 15) is 14.0 Å². The molecule has 29 heavy (non-hydrogen) atoms. The number of halogens is 1. The second kappa shape index (κ2) is 9.33. The molecule has 0 radical (unpaired) electrons.